The van der Waals surface area contributed by atoms with Gasteiger partial charge in [0.1, 0.15) is 6.29 Å². The zero-order chi connectivity index (χ0) is 9.10. The van der Waals surface area contributed by atoms with Crippen molar-refractivity contribution in [2.75, 3.05) is 0 Å². The largest absolute Gasteiger partial charge is 0.298 e. The average molecular weight is 172 g/mol. The highest BCUT2D eigenvalue weighted by atomic mass is 16.1. The molecule has 2 rings (SSSR count). The Bertz CT molecular complexity index is 335. The van der Waals surface area contributed by atoms with Gasteiger partial charge in [0.05, 0.1) is 0 Å². The summed E-state index contributed by atoms with van der Waals surface area (Å²) in [5, 5.41) is 0. The van der Waals surface area contributed by atoms with Gasteiger partial charge in [-0.1, -0.05) is 30.3 Å². The maximum Gasteiger partial charge on any atom is 0.146 e. The Morgan fingerprint density at radius 3 is 2.54 bits per heavy atom. The highest BCUT2D eigenvalue weighted by Gasteiger charge is 2.14. The summed E-state index contributed by atoms with van der Waals surface area (Å²) in [5.74, 6) is 0. The number of carbonyl (C=O) groups is 1. The maximum atomic E-state index is 10.7. The smallest absolute Gasteiger partial charge is 0.146 e. The molecule has 0 aliphatic heterocycles. The van der Waals surface area contributed by atoms with Crippen LogP contribution in [-0.2, 0) is 4.79 Å². The van der Waals surface area contributed by atoms with Crippen molar-refractivity contribution in [1.82, 2.24) is 0 Å². The van der Waals surface area contributed by atoms with Gasteiger partial charge in [-0.05, 0) is 36.0 Å². The van der Waals surface area contributed by atoms with Gasteiger partial charge in [0.25, 0.3) is 0 Å². The van der Waals surface area contributed by atoms with E-state index in [1.54, 1.807) is 0 Å². The molecular weight excluding hydrogens is 160 g/mol. The predicted molar refractivity (Wildman–Crippen MR) is 53.3 cm³/mol. The number of hydrogen-bond acceptors (Lipinski definition) is 1. The summed E-state index contributed by atoms with van der Waals surface area (Å²) in [5.41, 5.74) is 3.45. The first-order valence-electron chi connectivity index (χ1n) is 4.64. The van der Waals surface area contributed by atoms with Gasteiger partial charge in [0.2, 0.25) is 0 Å². The zero-order valence-electron chi connectivity index (χ0n) is 7.49. The molecule has 0 fully saturated rings. The number of hydrogen-bond donors (Lipinski definition) is 0. The van der Waals surface area contributed by atoms with E-state index in [2.05, 4.69) is 12.1 Å². The lowest BCUT2D eigenvalue weighted by atomic mass is 10.0. The van der Waals surface area contributed by atoms with Crippen LogP contribution in [0.3, 0.4) is 0 Å². The molecule has 0 saturated carbocycles. The monoisotopic (exact) mass is 172 g/mol. The highest BCUT2D eigenvalue weighted by molar-refractivity contribution is 5.89. The van der Waals surface area contributed by atoms with Crippen LogP contribution in [0.1, 0.15) is 24.8 Å². The van der Waals surface area contributed by atoms with Crippen molar-refractivity contribution < 1.29 is 4.79 Å². The number of carbonyl (C=O) groups excluding carboxylic acids is 1. The molecule has 13 heavy (non-hydrogen) atoms. The maximum absolute atomic E-state index is 10.7. The fourth-order valence-electron chi connectivity index (χ4n) is 1.87. The van der Waals surface area contributed by atoms with Crippen LogP contribution in [0.25, 0.3) is 5.57 Å². The van der Waals surface area contributed by atoms with Crippen LogP contribution in [0, 0.1) is 0 Å². The molecule has 1 aliphatic rings. The van der Waals surface area contributed by atoms with E-state index >= 15 is 0 Å². The van der Waals surface area contributed by atoms with Gasteiger partial charge in [0.15, 0.2) is 0 Å². The van der Waals surface area contributed by atoms with Crippen LogP contribution >= 0.6 is 0 Å². The fourth-order valence-corrected chi connectivity index (χ4v) is 1.87. The molecule has 0 heterocycles. The molecule has 0 saturated heterocycles. The molecule has 0 bridgehead atoms. The van der Waals surface area contributed by atoms with Crippen LogP contribution < -0.4 is 0 Å². The lowest BCUT2D eigenvalue weighted by Crippen LogP contribution is -1.85. The first-order chi connectivity index (χ1) is 6.42. The summed E-state index contributed by atoms with van der Waals surface area (Å²) in [7, 11) is 0. The van der Waals surface area contributed by atoms with Crippen molar-refractivity contribution in [3.8, 4) is 0 Å². The van der Waals surface area contributed by atoms with E-state index in [0.717, 1.165) is 31.1 Å². The standard InChI is InChI=1S/C12H12O/c13-9-11-7-4-8-12(11)10-5-2-1-3-6-10/h1-3,5-6,9H,4,7-8H2. The lowest BCUT2D eigenvalue weighted by molar-refractivity contribution is -0.104. The van der Waals surface area contributed by atoms with Gasteiger partial charge in [-0.2, -0.15) is 0 Å². The van der Waals surface area contributed by atoms with Crippen molar-refractivity contribution in [2.24, 2.45) is 0 Å². The predicted octanol–water partition coefficient (Wildman–Crippen LogP) is 2.82. The molecule has 0 N–H and O–H groups in total. The third-order valence-electron chi connectivity index (χ3n) is 2.53. The first-order valence-corrected chi connectivity index (χ1v) is 4.64. The van der Waals surface area contributed by atoms with Crippen LogP contribution in [-0.4, -0.2) is 6.29 Å². The summed E-state index contributed by atoms with van der Waals surface area (Å²) >= 11 is 0. The van der Waals surface area contributed by atoms with Crippen LogP contribution in [0.15, 0.2) is 35.9 Å². The molecule has 0 amide bonds. The van der Waals surface area contributed by atoms with Crippen molar-refractivity contribution >= 4 is 11.9 Å². The van der Waals surface area contributed by atoms with E-state index in [9.17, 15) is 4.79 Å². The van der Waals surface area contributed by atoms with E-state index in [1.165, 1.54) is 11.1 Å². The SMILES string of the molecule is O=CC1=C(c2ccccc2)CCC1. The minimum Gasteiger partial charge on any atom is -0.298 e. The number of aldehydes is 1. The molecule has 0 aromatic heterocycles. The third kappa shape index (κ3) is 1.55. The zero-order valence-corrected chi connectivity index (χ0v) is 7.49. The Balaban J connectivity index is 2.41. The molecule has 0 atom stereocenters. The summed E-state index contributed by atoms with van der Waals surface area (Å²) < 4.78 is 0. The Kier molecular flexibility index (Phi) is 2.26. The first kappa shape index (κ1) is 8.24. The second-order valence-corrected chi connectivity index (χ2v) is 3.34. The molecule has 1 aliphatic carbocycles. The second kappa shape index (κ2) is 3.56. The van der Waals surface area contributed by atoms with Crippen LogP contribution in [0.2, 0.25) is 0 Å². The van der Waals surface area contributed by atoms with E-state index in [1.807, 2.05) is 18.2 Å². The van der Waals surface area contributed by atoms with Gasteiger partial charge in [-0.3, -0.25) is 4.79 Å². The second-order valence-electron chi connectivity index (χ2n) is 3.34. The van der Waals surface area contributed by atoms with Crippen molar-refractivity contribution in [3.05, 3.63) is 41.5 Å². The number of allylic oxidation sites excluding steroid dienone is 2. The molecule has 1 aromatic rings. The van der Waals surface area contributed by atoms with Crippen LogP contribution in [0.4, 0.5) is 0 Å². The summed E-state index contributed by atoms with van der Waals surface area (Å²) in [6.45, 7) is 0. The Hall–Kier alpha value is -1.37. The Morgan fingerprint density at radius 1 is 1.08 bits per heavy atom. The van der Waals surface area contributed by atoms with E-state index in [-0.39, 0.29) is 0 Å². The average Bonchev–Trinajstić information content (AvgIpc) is 2.67. The molecule has 0 radical (unpaired) electrons. The van der Waals surface area contributed by atoms with Gasteiger partial charge in [-0.25, -0.2) is 0 Å². The molecule has 66 valence electrons. The van der Waals surface area contributed by atoms with E-state index in [4.69, 9.17) is 0 Å². The normalized spacial score (nSPS) is 16.3. The molecule has 1 heteroatoms. The van der Waals surface area contributed by atoms with Crippen LogP contribution in [0.5, 0.6) is 0 Å². The van der Waals surface area contributed by atoms with Gasteiger partial charge in [0, 0.05) is 0 Å². The summed E-state index contributed by atoms with van der Waals surface area (Å²) in [4.78, 5) is 10.7. The Labute approximate surface area is 78.1 Å². The molecule has 1 nitrogen and oxygen atoms in total. The van der Waals surface area contributed by atoms with Crippen molar-refractivity contribution in [2.45, 2.75) is 19.3 Å². The minimum atomic E-state index is 0.952. The van der Waals surface area contributed by atoms with Gasteiger partial charge >= 0.3 is 0 Å². The molecular formula is C12H12O. The highest BCUT2D eigenvalue weighted by Crippen LogP contribution is 2.32. The summed E-state index contributed by atoms with van der Waals surface area (Å²) in [6.07, 6.45) is 4.14. The van der Waals surface area contributed by atoms with Crippen molar-refractivity contribution in [3.63, 3.8) is 0 Å². The molecule has 1 aromatic carbocycles. The van der Waals surface area contributed by atoms with Gasteiger partial charge in [-0.15, -0.1) is 0 Å². The fraction of sp³-hybridized carbons (Fsp3) is 0.250. The van der Waals surface area contributed by atoms with E-state index in [0.29, 0.717) is 0 Å². The Morgan fingerprint density at radius 2 is 1.85 bits per heavy atom. The molecule has 0 spiro atoms. The lowest BCUT2D eigenvalue weighted by Gasteiger charge is -2.01. The van der Waals surface area contributed by atoms with E-state index < -0.39 is 0 Å². The number of benzene rings is 1. The molecule has 0 unspecified atom stereocenters. The summed E-state index contributed by atoms with van der Waals surface area (Å²) in [6, 6.07) is 10.2. The third-order valence-corrected chi connectivity index (χ3v) is 2.53. The quantitative estimate of drug-likeness (QED) is 0.627. The minimum absolute atomic E-state index is 0.952. The topological polar surface area (TPSA) is 17.1 Å². The van der Waals surface area contributed by atoms with Gasteiger partial charge < -0.3 is 0 Å². The van der Waals surface area contributed by atoms with Crippen molar-refractivity contribution in [1.29, 1.82) is 0 Å². The number of rotatable bonds is 2.